The summed E-state index contributed by atoms with van der Waals surface area (Å²) in [6, 6.07) is 12.4. The van der Waals surface area contributed by atoms with Gasteiger partial charge in [0.25, 0.3) is 0 Å². The Morgan fingerprint density at radius 3 is 2.64 bits per heavy atom. The van der Waals surface area contributed by atoms with E-state index in [0.717, 1.165) is 0 Å². The van der Waals surface area contributed by atoms with Gasteiger partial charge in [0.15, 0.2) is 5.82 Å². The number of carbonyl (C=O) groups is 1. The van der Waals surface area contributed by atoms with Crippen LogP contribution in [0.15, 0.2) is 67.1 Å². The lowest BCUT2D eigenvalue weighted by molar-refractivity contribution is 0.0696. The van der Waals surface area contributed by atoms with Crippen LogP contribution in [0.4, 0.5) is 33.2 Å². The molecule has 0 amide bonds. The first kappa shape index (κ1) is 21.9. The molecule has 9 nitrogen and oxygen atoms in total. The zero-order valence-electron chi connectivity index (χ0n) is 16.9. The van der Waals surface area contributed by atoms with Gasteiger partial charge in [-0.15, -0.1) is 0 Å². The maximum Gasteiger partial charge on any atom is 0.337 e. The minimum absolute atomic E-state index is 0.00981. The van der Waals surface area contributed by atoms with Crippen LogP contribution in [0.3, 0.4) is 0 Å². The highest BCUT2D eigenvalue weighted by atomic mass is 35.5. The first-order chi connectivity index (χ1) is 15.8. The van der Waals surface area contributed by atoms with Gasteiger partial charge in [0.2, 0.25) is 5.95 Å². The van der Waals surface area contributed by atoms with E-state index in [0.29, 0.717) is 28.2 Å². The number of nitrogen functional groups attached to an aromatic ring is 1. The summed E-state index contributed by atoms with van der Waals surface area (Å²) in [5.74, 6) is 5.07. The molecule has 4 rings (SSSR count). The molecule has 0 aliphatic carbocycles. The predicted octanol–water partition coefficient (Wildman–Crippen LogP) is 4.37. The number of rotatable bonds is 6. The standard InChI is InChI=1S/C22H17ClFN7O2/c23-16-8-14(5-6-17(16)24)29-22-28-11-15(12-7-13(21(32)33)10-27-9-12)20(30-22)31(26)19-4-2-1-3-18(19)25/h1-11H,25-26H2,(H,32,33)(H,28,29,30). The van der Waals surface area contributed by atoms with Crippen LogP contribution in [0.25, 0.3) is 11.1 Å². The van der Waals surface area contributed by atoms with Gasteiger partial charge in [-0.1, -0.05) is 23.7 Å². The van der Waals surface area contributed by atoms with E-state index in [-0.39, 0.29) is 22.4 Å². The minimum Gasteiger partial charge on any atom is -0.478 e. The number of anilines is 5. The van der Waals surface area contributed by atoms with Gasteiger partial charge in [0.05, 0.1) is 22.0 Å². The Hall–Kier alpha value is -4.28. The first-order valence-corrected chi connectivity index (χ1v) is 9.88. The number of hydrazine groups is 1. The van der Waals surface area contributed by atoms with Crippen LogP contribution in [0.1, 0.15) is 10.4 Å². The molecule has 33 heavy (non-hydrogen) atoms. The molecule has 0 radical (unpaired) electrons. The number of hydrogen-bond donors (Lipinski definition) is 4. The molecule has 0 saturated heterocycles. The van der Waals surface area contributed by atoms with E-state index in [2.05, 4.69) is 20.3 Å². The van der Waals surface area contributed by atoms with Crippen molar-refractivity contribution >= 4 is 46.4 Å². The maximum absolute atomic E-state index is 13.5. The zero-order chi connectivity index (χ0) is 23.5. The summed E-state index contributed by atoms with van der Waals surface area (Å²) in [5.41, 5.74) is 8.25. The predicted molar refractivity (Wildman–Crippen MR) is 124 cm³/mol. The lowest BCUT2D eigenvalue weighted by atomic mass is 10.1. The fourth-order valence-electron chi connectivity index (χ4n) is 3.05. The van der Waals surface area contributed by atoms with E-state index in [1.165, 1.54) is 47.9 Å². The van der Waals surface area contributed by atoms with Crippen molar-refractivity contribution in [2.75, 3.05) is 16.1 Å². The van der Waals surface area contributed by atoms with Crippen LogP contribution >= 0.6 is 11.6 Å². The van der Waals surface area contributed by atoms with Crippen LogP contribution in [-0.2, 0) is 0 Å². The average molecular weight is 466 g/mol. The van der Waals surface area contributed by atoms with Gasteiger partial charge >= 0.3 is 5.97 Å². The van der Waals surface area contributed by atoms with E-state index < -0.39 is 11.8 Å². The van der Waals surface area contributed by atoms with Crippen LogP contribution < -0.4 is 21.9 Å². The number of hydrogen-bond acceptors (Lipinski definition) is 8. The number of aromatic nitrogens is 3. The SMILES string of the molecule is Nc1ccccc1N(N)c1nc(Nc2ccc(F)c(Cl)c2)ncc1-c1cncc(C(=O)O)c1. The summed E-state index contributed by atoms with van der Waals surface area (Å²) in [6.07, 6.45) is 4.18. The summed E-state index contributed by atoms with van der Waals surface area (Å²) in [4.78, 5) is 24.2. The third-order valence-electron chi connectivity index (χ3n) is 4.67. The molecule has 4 aromatic rings. The third-order valence-corrected chi connectivity index (χ3v) is 4.95. The largest absolute Gasteiger partial charge is 0.478 e. The third kappa shape index (κ3) is 4.66. The first-order valence-electron chi connectivity index (χ1n) is 9.50. The van der Waals surface area contributed by atoms with Crippen molar-refractivity contribution in [2.45, 2.75) is 0 Å². The molecular formula is C22H17ClFN7O2. The number of benzene rings is 2. The van der Waals surface area contributed by atoms with E-state index in [1.54, 1.807) is 24.3 Å². The molecule has 0 aliphatic heterocycles. The van der Waals surface area contributed by atoms with Gasteiger partial charge in [0, 0.05) is 35.4 Å². The van der Waals surface area contributed by atoms with Gasteiger partial charge in [-0.05, 0) is 36.4 Å². The average Bonchev–Trinajstić information content (AvgIpc) is 2.81. The van der Waals surface area contributed by atoms with Crippen molar-refractivity contribution in [1.29, 1.82) is 0 Å². The summed E-state index contributed by atoms with van der Waals surface area (Å²) in [5, 5.41) is 13.5. The highest BCUT2D eigenvalue weighted by molar-refractivity contribution is 6.31. The van der Waals surface area contributed by atoms with Crippen molar-refractivity contribution in [3.8, 4) is 11.1 Å². The van der Waals surface area contributed by atoms with Crippen LogP contribution in [0.2, 0.25) is 5.02 Å². The Morgan fingerprint density at radius 2 is 1.91 bits per heavy atom. The molecule has 0 bridgehead atoms. The summed E-state index contributed by atoms with van der Waals surface area (Å²) < 4.78 is 13.5. The number of nitrogens with zero attached hydrogens (tertiary/aromatic N) is 4. The summed E-state index contributed by atoms with van der Waals surface area (Å²) in [7, 11) is 0. The molecule has 2 aromatic heterocycles. The maximum atomic E-state index is 13.5. The van der Waals surface area contributed by atoms with Gasteiger partial charge in [-0.25, -0.2) is 20.0 Å². The summed E-state index contributed by atoms with van der Waals surface area (Å²) >= 11 is 5.85. The smallest absolute Gasteiger partial charge is 0.337 e. The fraction of sp³-hybridized carbons (Fsp3) is 0. The second-order valence-electron chi connectivity index (χ2n) is 6.88. The Bertz CT molecular complexity index is 1350. The molecule has 6 N–H and O–H groups in total. The number of para-hydroxylation sites is 2. The zero-order valence-corrected chi connectivity index (χ0v) is 17.7. The molecule has 166 valence electrons. The number of pyridine rings is 1. The molecule has 2 heterocycles. The number of aromatic carboxylic acids is 1. The van der Waals surface area contributed by atoms with Gasteiger partial charge < -0.3 is 16.2 Å². The van der Waals surface area contributed by atoms with E-state index >= 15 is 0 Å². The molecule has 0 spiro atoms. The quantitative estimate of drug-likeness (QED) is 0.185. The van der Waals surface area contributed by atoms with Gasteiger partial charge in [-0.3, -0.25) is 9.99 Å². The lowest BCUT2D eigenvalue weighted by Crippen LogP contribution is -2.28. The second kappa shape index (κ2) is 9.07. The highest BCUT2D eigenvalue weighted by Crippen LogP contribution is 2.34. The molecule has 0 fully saturated rings. The van der Waals surface area contributed by atoms with E-state index in [1.807, 2.05) is 0 Å². The van der Waals surface area contributed by atoms with Crippen molar-refractivity contribution in [2.24, 2.45) is 5.84 Å². The number of nitrogens with two attached hydrogens (primary N) is 2. The normalized spacial score (nSPS) is 10.6. The van der Waals surface area contributed by atoms with Crippen molar-refractivity contribution in [1.82, 2.24) is 15.0 Å². The van der Waals surface area contributed by atoms with Gasteiger partial charge in [-0.2, -0.15) is 4.98 Å². The van der Waals surface area contributed by atoms with Crippen molar-refractivity contribution in [3.63, 3.8) is 0 Å². The Morgan fingerprint density at radius 1 is 1.12 bits per heavy atom. The second-order valence-corrected chi connectivity index (χ2v) is 7.29. The summed E-state index contributed by atoms with van der Waals surface area (Å²) in [6.45, 7) is 0. The van der Waals surface area contributed by atoms with Gasteiger partial charge in [0.1, 0.15) is 5.82 Å². The van der Waals surface area contributed by atoms with Crippen LogP contribution in [0, 0.1) is 5.82 Å². The number of carboxylic acids is 1. The molecule has 0 aliphatic rings. The van der Waals surface area contributed by atoms with E-state index in [9.17, 15) is 14.3 Å². The topological polar surface area (TPSA) is 143 Å². The number of halogens is 2. The Balaban J connectivity index is 1.82. The molecule has 11 heteroatoms. The molecule has 2 aromatic carbocycles. The van der Waals surface area contributed by atoms with E-state index in [4.69, 9.17) is 23.2 Å². The molecule has 0 unspecified atom stereocenters. The Labute approximate surface area is 192 Å². The molecule has 0 saturated carbocycles. The van der Waals surface area contributed by atoms with Crippen LogP contribution in [-0.4, -0.2) is 26.0 Å². The monoisotopic (exact) mass is 465 g/mol. The number of nitrogens with one attached hydrogen (secondary N) is 1. The minimum atomic E-state index is -1.13. The highest BCUT2D eigenvalue weighted by Gasteiger charge is 2.19. The van der Waals surface area contributed by atoms with Crippen molar-refractivity contribution in [3.05, 3.63) is 83.5 Å². The lowest BCUT2D eigenvalue weighted by Gasteiger charge is -2.22. The fourth-order valence-corrected chi connectivity index (χ4v) is 3.23. The van der Waals surface area contributed by atoms with Crippen LogP contribution in [0.5, 0.6) is 0 Å². The van der Waals surface area contributed by atoms with Crippen molar-refractivity contribution < 1.29 is 14.3 Å². The molecule has 0 atom stereocenters. The Kier molecular flexibility index (Phi) is 6.03. The molecular weight excluding hydrogens is 449 g/mol. The number of carboxylic acid groups (broad SMARTS) is 1.